The van der Waals surface area contributed by atoms with Crippen molar-refractivity contribution in [2.75, 3.05) is 40.0 Å². The van der Waals surface area contributed by atoms with Crippen molar-refractivity contribution in [3.05, 3.63) is 83.1 Å². The van der Waals surface area contributed by atoms with Gasteiger partial charge in [-0.15, -0.1) is 11.3 Å². The second-order valence-corrected chi connectivity index (χ2v) is 13.6. The minimum atomic E-state index is -0.795. The molecule has 0 fully saturated rings. The molecule has 0 bridgehead atoms. The SMILES string of the molecule is C=CC(=O)N1C(C)Cn2nc(-c3nc(-c4cnc5c(c4)CN(CCO)CC5)c4ccsc4c3-c3c(F)cc(F)cc3OCCOC)cc2C1C. The van der Waals surface area contributed by atoms with Crippen molar-refractivity contribution in [1.82, 2.24) is 29.5 Å². The van der Waals surface area contributed by atoms with Crippen LogP contribution in [0, 0.1) is 11.6 Å². The summed E-state index contributed by atoms with van der Waals surface area (Å²) in [7, 11) is 1.53. The fourth-order valence-corrected chi connectivity index (χ4v) is 8.10. The quantitative estimate of drug-likeness (QED) is 0.139. The normalized spacial score (nSPS) is 17.5. The summed E-state index contributed by atoms with van der Waals surface area (Å²) in [5.74, 6) is -1.71. The Kier molecular flexibility index (Phi) is 9.49. The van der Waals surface area contributed by atoms with Crippen molar-refractivity contribution >= 4 is 27.3 Å². The summed E-state index contributed by atoms with van der Waals surface area (Å²) in [6.45, 7) is 10.5. The Labute approximate surface area is 292 Å². The van der Waals surface area contributed by atoms with Crippen molar-refractivity contribution in [3.8, 4) is 39.5 Å². The Morgan fingerprint density at radius 3 is 2.78 bits per heavy atom. The van der Waals surface area contributed by atoms with E-state index in [9.17, 15) is 14.3 Å². The van der Waals surface area contributed by atoms with E-state index < -0.39 is 11.6 Å². The maximum absolute atomic E-state index is 16.2. The van der Waals surface area contributed by atoms with Crippen molar-refractivity contribution < 1.29 is 28.2 Å². The summed E-state index contributed by atoms with van der Waals surface area (Å²) in [5, 5.41) is 17.3. The highest BCUT2D eigenvalue weighted by atomic mass is 32.1. The molecule has 2 atom stereocenters. The number of carbonyl (C=O) groups excluding carboxylic acids is 1. The van der Waals surface area contributed by atoms with E-state index in [0.717, 1.165) is 51.6 Å². The Hall–Kier alpha value is -4.56. The number of halogens is 2. The third kappa shape index (κ3) is 6.08. The van der Waals surface area contributed by atoms with Gasteiger partial charge in [0.15, 0.2) is 0 Å². The maximum Gasteiger partial charge on any atom is 0.246 e. The molecule has 5 aromatic rings. The van der Waals surface area contributed by atoms with Crippen LogP contribution in [-0.4, -0.2) is 86.6 Å². The molecule has 0 spiro atoms. The topological polar surface area (TPSA) is 106 Å². The predicted molar refractivity (Wildman–Crippen MR) is 188 cm³/mol. The van der Waals surface area contributed by atoms with Gasteiger partial charge in [0.25, 0.3) is 0 Å². The molecule has 0 aliphatic carbocycles. The Morgan fingerprint density at radius 1 is 1.16 bits per heavy atom. The van der Waals surface area contributed by atoms with Crippen LogP contribution in [0.1, 0.15) is 36.8 Å². The molecule has 1 aromatic carbocycles. The monoisotopic (exact) mass is 700 g/mol. The van der Waals surface area contributed by atoms with E-state index in [2.05, 4.69) is 17.5 Å². The molecule has 2 aliphatic rings. The molecule has 10 nitrogen and oxygen atoms in total. The van der Waals surface area contributed by atoms with E-state index in [4.69, 9.17) is 24.5 Å². The zero-order valence-corrected chi connectivity index (χ0v) is 29.0. The second kappa shape index (κ2) is 14.0. The number of carbonyl (C=O) groups is 1. The molecule has 4 aromatic heterocycles. The first-order chi connectivity index (χ1) is 24.2. The number of fused-ring (bicyclic) bond motifs is 3. The first-order valence-corrected chi connectivity index (χ1v) is 17.5. The van der Waals surface area contributed by atoms with Crippen LogP contribution in [0.4, 0.5) is 8.78 Å². The van der Waals surface area contributed by atoms with Crippen LogP contribution in [-0.2, 0) is 29.0 Å². The Morgan fingerprint density at radius 2 is 2.00 bits per heavy atom. The highest BCUT2D eigenvalue weighted by Gasteiger charge is 2.35. The van der Waals surface area contributed by atoms with Crippen LogP contribution in [0.2, 0.25) is 0 Å². The highest BCUT2D eigenvalue weighted by Crippen LogP contribution is 2.47. The highest BCUT2D eigenvalue weighted by molar-refractivity contribution is 7.18. The number of aliphatic hydroxyl groups excluding tert-OH is 1. The lowest BCUT2D eigenvalue weighted by atomic mass is 9.95. The average Bonchev–Trinajstić information content (AvgIpc) is 3.76. The molecule has 13 heteroatoms. The van der Waals surface area contributed by atoms with Gasteiger partial charge in [-0.25, -0.2) is 13.8 Å². The number of nitrogens with zero attached hydrogens (tertiary/aromatic N) is 6. The van der Waals surface area contributed by atoms with Gasteiger partial charge in [0.05, 0.1) is 42.8 Å². The lowest BCUT2D eigenvalue weighted by molar-refractivity contribution is -0.131. The van der Waals surface area contributed by atoms with Gasteiger partial charge in [0.1, 0.15) is 35.4 Å². The number of hydrogen-bond acceptors (Lipinski definition) is 9. The van der Waals surface area contributed by atoms with E-state index in [-0.39, 0.29) is 49.1 Å². The molecular weight excluding hydrogens is 663 g/mol. The molecule has 0 saturated carbocycles. The summed E-state index contributed by atoms with van der Waals surface area (Å²) in [4.78, 5) is 26.9. The minimum absolute atomic E-state index is 0.0261. The Balaban J connectivity index is 1.46. The number of hydrogen-bond donors (Lipinski definition) is 1. The number of ether oxygens (including phenoxy) is 2. The third-order valence-electron chi connectivity index (χ3n) is 9.47. The van der Waals surface area contributed by atoms with Gasteiger partial charge in [0.2, 0.25) is 5.91 Å². The van der Waals surface area contributed by atoms with E-state index >= 15 is 4.39 Å². The molecule has 2 aliphatic heterocycles. The lowest BCUT2D eigenvalue weighted by Crippen LogP contribution is -2.46. The van der Waals surface area contributed by atoms with E-state index in [1.165, 1.54) is 30.6 Å². The summed E-state index contributed by atoms with van der Waals surface area (Å²) in [6, 6.07) is 7.48. The Bertz CT molecular complexity index is 2100. The fourth-order valence-electron chi connectivity index (χ4n) is 7.16. The number of β-amino-alcohol motifs (C(OH)–C–C–N with tert-alkyl or cyclic N) is 1. The molecule has 0 radical (unpaired) electrons. The lowest BCUT2D eigenvalue weighted by Gasteiger charge is -2.38. The number of benzene rings is 1. The van der Waals surface area contributed by atoms with Gasteiger partial charge < -0.3 is 19.5 Å². The van der Waals surface area contributed by atoms with E-state index in [1.54, 1.807) is 4.90 Å². The van der Waals surface area contributed by atoms with E-state index in [0.29, 0.717) is 42.3 Å². The minimum Gasteiger partial charge on any atom is -0.490 e. The van der Waals surface area contributed by atoms with Crippen LogP contribution in [0.3, 0.4) is 0 Å². The fraction of sp³-hybridized carbons (Fsp3) is 0.351. The van der Waals surface area contributed by atoms with Crippen LogP contribution in [0.15, 0.2) is 54.6 Å². The van der Waals surface area contributed by atoms with Crippen LogP contribution in [0.5, 0.6) is 5.75 Å². The molecule has 50 heavy (non-hydrogen) atoms. The number of thiophene rings is 1. The van der Waals surface area contributed by atoms with Crippen molar-refractivity contribution in [2.45, 2.75) is 45.4 Å². The molecular formula is C37H38F2N6O4S. The molecule has 1 N–H and O–H groups in total. The van der Waals surface area contributed by atoms with Gasteiger partial charge >= 0.3 is 0 Å². The van der Waals surface area contributed by atoms with E-state index in [1.807, 2.05) is 42.2 Å². The van der Waals surface area contributed by atoms with Crippen molar-refractivity contribution in [2.24, 2.45) is 0 Å². The van der Waals surface area contributed by atoms with Gasteiger partial charge in [-0.3, -0.25) is 19.4 Å². The summed E-state index contributed by atoms with van der Waals surface area (Å²) >= 11 is 1.42. The molecule has 260 valence electrons. The summed E-state index contributed by atoms with van der Waals surface area (Å²) < 4.78 is 44.6. The first-order valence-electron chi connectivity index (χ1n) is 16.6. The van der Waals surface area contributed by atoms with Crippen LogP contribution >= 0.6 is 11.3 Å². The number of rotatable bonds is 10. The number of aliphatic hydroxyl groups is 1. The summed E-state index contributed by atoms with van der Waals surface area (Å²) in [6.07, 6.45) is 3.91. The molecule has 0 saturated heterocycles. The second-order valence-electron chi connectivity index (χ2n) is 12.6. The zero-order chi connectivity index (χ0) is 35.1. The zero-order valence-electron chi connectivity index (χ0n) is 28.2. The van der Waals surface area contributed by atoms with Gasteiger partial charge in [-0.2, -0.15) is 5.10 Å². The molecule has 1 amide bonds. The predicted octanol–water partition coefficient (Wildman–Crippen LogP) is 6.02. The molecule has 6 heterocycles. The third-order valence-corrected chi connectivity index (χ3v) is 10.4. The standard InChI is InChI=1S/C37H38F2N6O4S/c1-5-32(47)45-21(2)19-44-30(22(45)3)17-29(42-44)36-34(33-27(39)15-25(38)16-31(33)49-12-11-48-4)37-26(7-13-50-37)35(41-36)23-14-24-20-43(9-10-46)8-6-28(24)40-18-23/h5,7,13-18,21-22,46H,1,6,8-12,19-20H2,2-4H3. The van der Waals surface area contributed by atoms with Crippen molar-refractivity contribution in [3.63, 3.8) is 0 Å². The molecule has 7 rings (SSSR count). The smallest absolute Gasteiger partial charge is 0.246 e. The average molecular weight is 701 g/mol. The van der Waals surface area contributed by atoms with Gasteiger partial charge in [-0.05, 0) is 49.1 Å². The maximum atomic E-state index is 16.2. The number of pyridine rings is 2. The van der Waals surface area contributed by atoms with Crippen LogP contribution < -0.4 is 4.74 Å². The van der Waals surface area contributed by atoms with Crippen molar-refractivity contribution in [1.29, 1.82) is 0 Å². The number of amides is 1. The van der Waals surface area contributed by atoms with Gasteiger partial charge in [0, 0.05) is 84.4 Å². The first kappa shape index (κ1) is 33.9. The number of aromatic nitrogens is 4. The van der Waals surface area contributed by atoms with Crippen LogP contribution in [0.25, 0.3) is 43.9 Å². The summed E-state index contributed by atoms with van der Waals surface area (Å²) in [5.41, 5.74) is 5.67. The van der Waals surface area contributed by atoms with Gasteiger partial charge in [-0.1, -0.05) is 6.58 Å². The molecule has 2 unspecified atom stereocenters. The largest absolute Gasteiger partial charge is 0.490 e. The number of methoxy groups -OCH3 is 1.